The van der Waals surface area contributed by atoms with Crippen LogP contribution in [0, 0.1) is 12.8 Å². The molecule has 5 heteroatoms. The van der Waals surface area contributed by atoms with Gasteiger partial charge in [0, 0.05) is 0 Å². The second-order valence-corrected chi connectivity index (χ2v) is 41.1. The second kappa shape index (κ2) is 9.64. The van der Waals surface area contributed by atoms with E-state index in [4.69, 9.17) is 0 Å². The monoisotopic (exact) mass is 601 g/mol. The summed E-state index contributed by atoms with van der Waals surface area (Å²) in [5.41, 5.74) is 13.4. The molecule has 1 atom stereocenters. The van der Waals surface area contributed by atoms with Crippen LogP contribution in [0.1, 0.15) is 41.1 Å². The third-order valence-electron chi connectivity index (χ3n) is 8.18. The molecule has 1 nitrogen and oxygen atoms in total. The topological polar surface area (TPSA) is 3.24 Å². The van der Waals surface area contributed by atoms with Crippen LogP contribution in [0.4, 0.5) is 0 Å². The minimum atomic E-state index is -3.52. The van der Waals surface area contributed by atoms with Crippen LogP contribution in [0.5, 0.6) is 0 Å². The zero-order valence-electron chi connectivity index (χ0n) is 22.1. The van der Waals surface area contributed by atoms with Gasteiger partial charge >= 0.3 is 203 Å². The van der Waals surface area contributed by atoms with E-state index in [2.05, 4.69) is 116 Å². The van der Waals surface area contributed by atoms with E-state index in [1.165, 1.54) is 28.0 Å². The molecule has 0 fully saturated rings. The zero-order chi connectivity index (χ0) is 23.7. The summed E-state index contributed by atoms with van der Waals surface area (Å²) in [6, 6.07) is 15.6. The molecule has 0 saturated carbocycles. The Morgan fingerprint density at radius 3 is 2.26 bits per heavy atom. The van der Waals surface area contributed by atoms with Crippen molar-refractivity contribution in [2.75, 3.05) is 13.6 Å². The smallest absolute Gasteiger partial charge is 0.147 e. The van der Waals surface area contributed by atoms with Crippen LogP contribution in [-0.4, -0.2) is 25.4 Å². The van der Waals surface area contributed by atoms with Crippen molar-refractivity contribution in [3.63, 3.8) is 0 Å². The summed E-state index contributed by atoms with van der Waals surface area (Å²) < 4.78 is 7.75. The van der Waals surface area contributed by atoms with Gasteiger partial charge in [-0.1, -0.05) is 0 Å². The fourth-order valence-corrected chi connectivity index (χ4v) is 26.0. The van der Waals surface area contributed by atoms with Gasteiger partial charge < -0.3 is 0 Å². The second-order valence-electron chi connectivity index (χ2n) is 11.8. The van der Waals surface area contributed by atoms with Crippen molar-refractivity contribution < 1.29 is 17.4 Å². The van der Waals surface area contributed by atoms with Crippen LogP contribution in [0.3, 0.4) is 0 Å². The Hall–Kier alpha value is -1.12. The maximum Gasteiger partial charge on any atom is -0.147 e. The van der Waals surface area contributed by atoms with Gasteiger partial charge in [0.15, 0.2) is 0 Å². The van der Waals surface area contributed by atoms with E-state index >= 15 is 0 Å². The van der Waals surface area contributed by atoms with Crippen molar-refractivity contribution in [1.82, 2.24) is 4.90 Å². The Morgan fingerprint density at radius 1 is 0.971 bits per heavy atom. The first kappa shape index (κ1) is 28.5. The molecule has 0 spiro atoms. The molecule has 0 aromatic heterocycles. The van der Waals surface area contributed by atoms with E-state index in [9.17, 15) is 0 Å². The summed E-state index contributed by atoms with van der Waals surface area (Å²) in [6.45, 7) is 13.0. The van der Waals surface area contributed by atoms with Gasteiger partial charge in [-0.25, -0.2) is 0 Å². The molecule has 0 bridgehead atoms. The number of aryl methyl sites for hydroxylation is 1. The Kier molecular flexibility index (Phi) is 7.84. The van der Waals surface area contributed by atoms with Gasteiger partial charge in [0.2, 0.25) is 0 Å². The Morgan fingerprint density at radius 2 is 1.63 bits per heavy atom. The van der Waals surface area contributed by atoms with Crippen LogP contribution in [-0.2, 0) is 17.4 Å². The number of allylic oxidation sites excluding steroid dienone is 4. The Balaban J connectivity index is 0.00000171. The average Bonchev–Trinajstić information content (AvgIpc) is 3.42. The zero-order valence-corrected chi connectivity index (χ0v) is 27.6. The summed E-state index contributed by atoms with van der Waals surface area (Å²) in [5.74, 6) is 0.548. The molecule has 5 rings (SSSR count). The van der Waals surface area contributed by atoms with Crippen molar-refractivity contribution in [1.29, 1.82) is 0 Å². The SMILES string of the molecule is CC1=Cc2c(-c3ccccc3)ccc(C)c2[CH]1[Zr]([CH3])([CH3])(=[SiH2])[C]1=C(C(C)C)C=C2C1=CCN2C.Cl.Cl. The molecule has 0 N–H and O–H groups in total. The molecule has 0 amide bonds. The maximum absolute atomic E-state index is 3.52. The third kappa shape index (κ3) is 4.35. The first-order valence-electron chi connectivity index (χ1n) is 12.3. The molecule has 2 aromatic rings. The van der Waals surface area contributed by atoms with Crippen LogP contribution in [0.25, 0.3) is 17.2 Å². The van der Waals surface area contributed by atoms with Crippen molar-refractivity contribution in [3.8, 4) is 11.1 Å². The minimum absolute atomic E-state index is 0. The summed E-state index contributed by atoms with van der Waals surface area (Å²) >= 11 is -3.52. The molecule has 1 unspecified atom stereocenters. The van der Waals surface area contributed by atoms with Gasteiger partial charge in [0.05, 0.1) is 0 Å². The van der Waals surface area contributed by atoms with Crippen molar-refractivity contribution in [3.05, 3.63) is 97.0 Å². The largest absolute Gasteiger partial charge is 0.147 e. The Labute approximate surface area is 226 Å². The fraction of sp³-hybridized carbons (Fsp3) is 0.333. The minimum Gasteiger partial charge on any atom is -0.147 e. The first-order chi connectivity index (χ1) is 15.5. The molecule has 1 aliphatic heterocycles. The normalized spacial score (nSPS) is 19.1. The van der Waals surface area contributed by atoms with Crippen LogP contribution < -0.4 is 0 Å². The molecular formula is C30H39Cl2NSiZr. The van der Waals surface area contributed by atoms with Crippen molar-refractivity contribution in [2.45, 2.75) is 40.6 Å². The van der Waals surface area contributed by atoms with Crippen molar-refractivity contribution in [2.24, 2.45) is 5.92 Å². The van der Waals surface area contributed by atoms with Gasteiger partial charge in [-0.3, -0.25) is 0 Å². The number of hydrogen-bond donors (Lipinski definition) is 0. The molecule has 186 valence electrons. The molecular weight excluding hydrogens is 565 g/mol. The summed E-state index contributed by atoms with van der Waals surface area (Å²) in [7, 11) is 2.25. The van der Waals surface area contributed by atoms with E-state index in [1.54, 1.807) is 25.6 Å². The van der Waals surface area contributed by atoms with E-state index < -0.39 is 17.4 Å². The number of nitrogens with zero attached hydrogens (tertiary/aromatic N) is 1. The third-order valence-corrected chi connectivity index (χ3v) is 24.5. The molecule has 1 heterocycles. The molecule has 0 saturated heterocycles. The number of benzene rings is 2. The van der Waals surface area contributed by atoms with E-state index in [0.29, 0.717) is 9.54 Å². The van der Waals surface area contributed by atoms with Gasteiger partial charge in [-0.05, 0) is 0 Å². The van der Waals surface area contributed by atoms with Crippen LogP contribution in [0.15, 0.2) is 80.3 Å². The standard InChI is InChI=1S/C17H15.C11H14N.2CH3.2ClH.H2Si.Zr/c1-12-10-16-13(2)8-9-15(17(16)11-12)14-6-4-3-5-7-14;1-8(2)10-6-9-4-5-12(3)11(9)7-10;;;;;;/h3-11H,1-2H3;4,7-8H,5H2,1-3H3;2*1H3;2*1H;1H2;. The Bertz CT molecular complexity index is 1370. The molecule has 2 aliphatic carbocycles. The van der Waals surface area contributed by atoms with E-state index in [0.717, 1.165) is 6.54 Å². The van der Waals surface area contributed by atoms with Gasteiger partial charge in [-0.15, -0.1) is 24.8 Å². The number of halogens is 2. The number of rotatable bonds is 4. The number of fused-ring (bicyclic) bond motifs is 2. The summed E-state index contributed by atoms with van der Waals surface area (Å²) in [5, 5.41) is 0. The number of likely N-dealkylation sites (N-methyl/N-ethyl adjacent to an activating group) is 1. The molecule has 3 aliphatic rings. The molecule has 0 radical (unpaired) electrons. The summed E-state index contributed by atoms with van der Waals surface area (Å²) in [4.78, 5) is 2.43. The van der Waals surface area contributed by atoms with Gasteiger partial charge in [0.25, 0.3) is 0 Å². The van der Waals surface area contributed by atoms with Crippen LogP contribution in [0.2, 0.25) is 9.26 Å². The van der Waals surface area contributed by atoms with Gasteiger partial charge in [-0.2, -0.15) is 0 Å². The summed E-state index contributed by atoms with van der Waals surface area (Å²) in [6.07, 6.45) is 7.56. The van der Waals surface area contributed by atoms with Crippen LogP contribution >= 0.6 is 24.8 Å². The average molecular weight is 604 g/mol. The molecule has 2 aromatic carbocycles. The fourth-order valence-electron chi connectivity index (χ4n) is 6.83. The quantitative estimate of drug-likeness (QED) is 0.321. The van der Waals surface area contributed by atoms with E-state index in [-0.39, 0.29) is 24.8 Å². The maximum atomic E-state index is 2.72. The van der Waals surface area contributed by atoms with Gasteiger partial charge in [0.1, 0.15) is 0 Å². The van der Waals surface area contributed by atoms with Crippen molar-refractivity contribution >= 4 is 37.8 Å². The van der Waals surface area contributed by atoms with E-state index in [1.807, 2.05) is 0 Å². The first-order valence-corrected chi connectivity index (χ1v) is 25.8. The predicted molar refractivity (Wildman–Crippen MR) is 158 cm³/mol. The predicted octanol–water partition coefficient (Wildman–Crippen LogP) is 7.98. The molecule has 35 heavy (non-hydrogen) atoms. The number of hydrogen-bond acceptors (Lipinski definition) is 1.